The summed E-state index contributed by atoms with van der Waals surface area (Å²) in [7, 11) is 5.84. The number of nitrogens with one attached hydrogen (secondary N) is 1. The highest BCUT2D eigenvalue weighted by Gasteiger charge is 2.19. The maximum Gasteiger partial charge on any atom is 0.245 e. The lowest BCUT2D eigenvalue weighted by atomic mass is 10.1. The van der Waals surface area contributed by atoms with Crippen LogP contribution in [-0.2, 0) is 6.54 Å². The summed E-state index contributed by atoms with van der Waals surface area (Å²) in [4.78, 5) is 16.5. The number of aromatic nitrogens is 5. The fraction of sp³-hybridized carbons (Fsp3) is 0.294. The highest BCUT2D eigenvalue weighted by atomic mass is 16.6. The number of nitrogens with zero attached hydrogens (tertiary/aromatic N) is 6. The van der Waals surface area contributed by atoms with Crippen LogP contribution < -0.4 is 9.80 Å². The van der Waals surface area contributed by atoms with Gasteiger partial charge in [-0.15, -0.1) is 0 Å². The van der Waals surface area contributed by atoms with Crippen molar-refractivity contribution in [3.05, 3.63) is 35.5 Å². The van der Waals surface area contributed by atoms with E-state index in [1.807, 2.05) is 37.0 Å². The van der Waals surface area contributed by atoms with Crippen LogP contribution in [0.4, 0.5) is 11.6 Å². The molecule has 0 unspecified atom stereocenters. The molecule has 4 aromatic rings. The van der Waals surface area contributed by atoms with Crippen molar-refractivity contribution in [2.45, 2.75) is 13.5 Å². The summed E-state index contributed by atoms with van der Waals surface area (Å²) in [5.41, 5.74) is 4.33. The van der Waals surface area contributed by atoms with Crippen molar-refractivity contribution < 1.29 is 4.63 Å². The lowest BCUT2D eigenvalue weighted by molar-refractivity contribution is 0.314. The van der Waals surface area contributed by atoms with Gasteiger partial charge in [-0.3, -0.25) is 0 Å². The average molecular weight is 337 g/mol. The third-order valence-corrected chi connectivity index (χ3v) is 4.33. The number of aromatic amines is 1. The lowest BCUT2D eigenvalue weighted by Gasteiger charge is -2.23. The molecule has 0 bridgehead atoms. The quantitative estimate of drug-likeness (QED) is 0.612. The van der Waals surface area contributed by atoms with E-state index in [4.69, 9.17) is 4.63 Å². The van der Waals surface area contributed by atoms with E-state index < -0.39 is 0 Å². The predicted molar refractivity (Wildman–Crippen MR) is 96.9 cm³/mol. The van der Waals surface area contributed by atoms with Crippen LogP contribution in [-0.4, -0.2) is 46.4 Å². The van der Waals surface area contributed by atoms with Crippen molar-refractivity contribution in [3.63, 3.8) is 0 Å². The zero-order valence-corrected chi connectivity index (χ0v) is 14.6. The van der Waals surface area contributed by atoms with E-state index >= 15 is 0 Å². The summed E-state index contributed by atoms with van der Waals surface area (Å²) >= 11 is 0. The molecule has 0 aliphatic carbocycles. The van der Waals surface area contributed by atoms with Crippen LogP contribution in [0.25, 0.3) is 22.2 Å². The fourth-order valence-corrected chi connectivity index (χ4v) is 2.99. The summed E-state index contributed by atoms with van der Waals surface area (Å²) in [5, 5.41) is 8.82. The Morgan fingerprint density at radius 2 is 1.68 bits per heavy atom. The molecule has 0 fully saturated rings. The first kappa shape index (κ1) is 15.4. The van der Waals surface area contributed by atoms with Gasteiger partial charge in [0, 0.05) is 37.7 Å². The van der Waals surface area contributed by atoms with Crippen LogP contribution >= 0.6 is 0 Å². The van der Waals surface area contributed by atoms with Crippen molar-refractivity contribution in [1.29, 1.82) is 0 Å². The maximum atomic E-state index is 4.74. The molecule has 3 heterocycles. The van der Waals surface area contributed by atoms with E-state index in [0.717, 1.165) is 22.8 Å². The van der Waals surface area contributed by atoms with Gasteiger partial charge in [-0.05, 0) is 28.9 Å². The van der Waals surface area contributed by atoms with Gasteiger partial charge in [-0.2, -0.15) is 0 Å². The Bertz CT molecular complexity index is 1050. The van der Waals surface area contributed by atoms with Crippen LogP contribution in [0.5, 0.6) is 0 Å². The van der Waals surface area contributed by atoms with Crippen molar-refractivity contribution in [3.8, 4) is 0 Å². The molecule has 0 aliphatic rings. The number of hydrogen-bond acceptors (Lipinski definition) is 7. The van der Waals surface area contributed by atoms with Crippen molar-refractivity contribution >= 4 is 33.8 Å². The molecular weight excluding hydrogens is 318 g/mol. The fourth-order valence-electron chi connectivity index (χ4n) is 2.99. The Kier molecular flexibility index (Phi) is 3.52. The molecule has 25 heavy (non-hydrogen) atoms. The number of hydrogen-bond donors (Lipinski definition) is 1. The monoisotopic (exact) mass is 337 g/mol. The van der Waals surface area contributed by atoms with E-state index in [1.165, 1.54) is 10.9 Å². The summed E-state index contributed by atoms with van der Waals surface area (Å²) in [6, 6.07) is 8.30. The van der Waals surface area contributed by atoms with Gasteiger partial charge in [0.15, 0.2) is 11.6 Å². The van der Waals surface area contributed by atoms with Gasteiger partial charge < -0.3 is 14.8 Å². The van der Waals surface area contributed by atoms with Gasteiger partial charge in [-0.1, -0.05) is 18.2 Å². The summed E-state index contributed by atoms with van der Waals surface area (Å²) in [5.74, 6) is 1.45. The Balaban J connectivity index is 1.74. The molecule has 4 rings (SSSR count). The zero-order valence-electron chi connectivity index (χ0n) is 14.6. The second kappa shape index (κ2) is 5.73. The number of para-hydroxylation sites is 1. The molecule has 0 saturated heterocycles. The lowest BCUT2D eigenvalue weighted by Crippen LogP contribution is -2.23. The number of rotatable bonds is 4. The van der Waals surface area contributed by atoms with E-state index in [2.05, 4.69) is 50.4 Å². The SMILES string of the molecule is Cc1c(CN(C)c2nc3nonc3nc2N(C)C)[nH]c2ccccc12. The first-order valence-electron chi connectivity index (χ1n) is 7.99. The molecule has 0 atom stereocenters. The molecule has 8 nitrogen and oxygen atoms in total. The van der Waals surface area contributed by atoms with Crippen LogP contribution in [0.2, 0.25) is 0 Å². The minimum Gasteiger partial charge on any atom is -0.360 e. The molecule has 0 spiro atoms. The minimum atomic E-state index is 0.404. The molecule has 0 saturated carbocycles. The number of H-pyrrole nitrogens is 1. The maximum absolute atomic E-state index is 4.74. The Morgan fingerprint density at radius 3 is 2.36 bits per heavy atom. The van der Waals surface area contributed by atoms with Gasteiger partial charge in [0.2, 0.25) is 11.3 Å². The van der Waals surface area contributed by atoms with Crippen molar-refractivity contribution in [2.75, 3.05) is 30.9 Å². The highest BCUT2D eigenvalue weighted by molar-refractivity contribution is 5.84. The number of anilines is 2. The van der Waals surface area contributed by atoms with E-state index in [-0.39, 0.29) is 0 Å². The smallest absolute Gasteiger partial charge is 0.245 e. The van der Waals surface area contributed by atoms with E-state index in [1.54, 1.807) is 0 Å². The molecule has 0 aliphatic heterocycles. The van der Waals surface area contributed by atoms with Crippen LogP contribution in [0.1, 0.15) is 11.3 Å². The summed E-state index contributed by atoms with van der Waals surface area (Å²) in [6.07, 6.45) is 0. The normalized spacial score (nSPS) is 11.4. The molecule has 0 amide bonds. The Morgan fingerprint density at radius 1 is 1.00 bits per heavy atom. The average Bonchev–Trinajstić information content (AvgIpc) is 3.18. The summed E-state index contributed by atoms with van der Waals surface area (Å²) in [6.45, 7) is 2.80. The molecule has 3 aromatic heterocycles. The topological polar surface area (TPSA) is 87.0 Å². The van der Waals surface area contributed by atoms with E-state index in [9.17, 15) is 0 Å². The second-order valence-corrected chi connectivity index (χ2v) is 6.31. The predicted octanol–water partition coefficient (Wildman–Crippen LogP) is 2.50. The van der Waals surface area contributed by atoms with E-state index in [0.29, 0.717) is 17.8 Å². The van der Waals surface area contributed by atoms with Crippen LogP contribution in [0, 0.1) is 6.92 Å². The standard InChI is InChI=1S/C17H19N7O/c1-10-11-7-5-6-8-12(11)18-13(10)9-24(4)17-16(23(2)3)19-14-15(20-17)22-25-21-14/h5-8,18H,9H2,1-4H3. The molecule has 1 aromatic carbocycles. The number of fused-ring (bicyclic) bond motifs is 2. The van der Waals surface area contributed by atoms with Crippen LogP contribution in [0.3, 0.4) is 0 Å². The van der Waals surface area contributed by atoms with Gasteiger partial charge >= 0.3 is 0 Å². The van der Waals surface area contributed by atoms with Crippen molar-refractivity contribution in [2.24, 2.45) is 0 Å². The molecular formula is C17H19N7O. The first-order valence-corrected chi connectivity index (χ1v) is 7.99. The molecule has 0 radical (unpaired) electrons. The second-order valence-electron chi connectivity index (χ2n) is 6.31. The summed E-state index contributed by atoms with van der Waals surface area (Å²) < 4.78 is 4.74. The van der Waals surface area contributed by atoms with Gasteiger partial charge in [0.25, 0.3) is 0 Å². The highest BCUT2D eigenvalue weighted by Crippen LogP contribution is 2.28. The zero-order chi connectivity index (χ0) is 17.6. The first-order chi connectivity index (χ1) is 12.0. The van der Waals surface area contributed by atoms with Gasteiger partial charge in [0.1, 0.15) is 0 Å². The number of aryl methyl sites for hydroxylation is 1. The molecule has 1 N–H and O–H groups in total. The molecule has 128 valence electrons. The van der Waals surface area contributed by atoms with Crippen LogP contribution in [0.15, 0.2) is 28.9 Å². The Labute approximate surface area is 144 Å². The largest absolute Gasteiger partial charge is 0.360 e. The third-order valence-electron chi connectivity index (χ3n) is 4.33. The number of benzene rings is 1. The molecule has 8 heteroatoms. The Hall–Kier alpha value is -3.16. The minimum absolute atomic E-state index is 0.404. The van der Waals surface area contributed by atoms with Gasteiger partial charge in [-0.25, -0.2) is 14.6 Å². The third kappa shape index (κ3) is 2.55. The van der Waals surface area contributed by atoms with Crippen molar-refractivity contribution in [1.82, 2.24) is 25.3 Å². The van der Waals surface area contributed by atoms with Gasteiger partial charge in [0.05, 0.1) is 6.54 Å².